The molecule has 2 aliphatic heterocycles. The highest BCUT2D eigenvalue weighted by Gasteiger charge is 2.34. The molecule has 0 saturated carbocycles. The summed E-state index contributed by atoms with van der Waals surface area (Å²) < 4.78 is 38.7. The SMILES string of the molecule is CC(=O)C1CC(C(=O)N(C)CC2CCCN(CCc3cccc(C(F)(F)F)c3)C2)NN1. The molecule has 31 heavy (non-hydrogen) atoms. The summed E-state index contributed by atoms with van der Waals surface area (Å²) in [6.45, 7) is 4.57. The van der Waals surface area contributed by atoms with Gasteiger partial charge in [-0.2, -0.15) is 13.2 Å². The molecule has 0 aliphatic carbocycles. The van der Waals surface area contributed by atoms with Crippen LogP contribution in [0.15, 0.2) is 24.3 Å². The van der Waals surface area contributed by atoms with E-state index in [1.807, 2.05) is 0 Å². The summed E-state index contributed by atoms with van der Waals surface area (Å²) in [4.78, 5) is 28.2. The van der Waals surface area contributed by atoms with Crippen molar-refractivity contribution in [2.75, 3.05) is 33.2 Å². The number of alkyl halides is 3. The lowest BCUT2D eigenvalue weighted by molar-refractivity contribution is -0.137. The number of piperidine rings is 1. The number of halogens is 3. The molecule has 2 heterocycles. The van der Waals surface area contributed by atoms with Gasteiger partial charge in [-0.25, -0.2) is 10.9 Å². The first-order valence-electron chi connectivity index (χ1n) is 10.8. The van der Waals surface area contributed by atoms with Gasteiger partial charge in [0.05, 0.1) is 11.6 Å². The second-order valence-corrected chi connectivity index (χ2v) is 8.72. The maximum absolute atomic E-state index is 12.9. The molecule has 172 valence electrons. The number of Topliss-reactive ketones (excluding diaryl/α,β-unsaturated/α-hetero) is 1. The second kappa shape index (κ2) is 10.1. The molecule has 0 aromatic heterocycles. The second-order valence-electron chi connectivity index (χ2n) is 8.72. The van der Waals surface area contributed by atoms with Crippen LogP contribution < -0.4 is 10.9 Å². The smallest absolute Gasteiger partial charge is 0.344 e. The number of nitrogens with one attached hydrogen (secondary N) is 2. The molecular weight excluding hydrogens is 409 g/mol. The summed E-state index contributed by atoms with van der Waals surface area (Å²) in [5, 5.41) is 0. The van der Waals surface area contributed by atoms with Gasteiger partial charge in [-0.05, 0) is 56.7 Å². The Labute approximate surface area is 181 Å². The highest BCUT2D eigenvalue weighted by Crippen LogP contribution is 2.29. The molecule has 0 bridgehead atoms. The van der Waals surface area contributed by atoms with Gasteiger partial charge in [-0.1, -0.05) is 18.2 Å². The van der Waals surface area contributed by atoms with Crippen molar-refractivity contribution < 1.29 is 22.8 Å². The first-order valence-corrected chi connectivity index (χ1v) is 10.8. The number of amides is 1. The monoisotopic (exact) mass is 440 g/mol. The fraction of sp³-hybridized carbons (Fsp3) is 0.636. The van der Waals surface area contributed by atoms with Gasteiger partial charge in [0.2, 0.25) is 5.91 Å². The van der Waals surface area contributed by atoms with E-state index in [1.54, 1.807) is 18.0 Å². The average Bonchev–Trinajstić information content (AvgIpc) is 3.22. The molecule has 6 nitrogen and oxygen atoms in total. The Kier molecular flexibility index (Phi) is 7.72. The van der Waals surface area contributed by atoms with Gasteiger partial charge in [-0.3, -0.25) is 9.59 Å². The van der Waals surface area contributed by atoms with Crippen molar-refractivity contribution in [3.63, 3.8) is 0 Å². The molecular formula is C22H31F3N4O2. The topological polar surface area (TPSA) is 64.7 Å². The van der Waals surface area contributed by atoms with E-state index in [4.69, 9.17) is 0 Å². The number of likely N-dealkylation sites (tertiary alicyclic amines) is 1. The zero-order chi connectivity index (χ0) is 22.6. The van der Waals surface area contributed by atoms with Crippen LogP contribution in [-0.4, -0.2) is 66.8 Å². The van der Waals surface area contributed by atoms with Crippen LogP contribution in [0.4, 0.5) is 13.2 Å². The molecule has 3 rings (SSSR count). The van der Waals surface area contributed by atoms with Crippen molar-refractivity contribution in [1.82, 2.24) is 20.7 Å². The van der Waals surface area contributed by atoms with Crippen LogP contribution in [0.25, 0.3) is 0 Å². The normalized spacial score (nSPS) is 24.9. The number of benzene rings is 1. The van der Waals surface area contributed by atoms with E-state index < -0.39 is 17.8 Å². The summed E-state index contributed by atoms with van der Waals surface area (Å²) in [5.41, 5.74) is 5.86. The van der Waals surface area contributed by atoms with E-state index in [-0.39, 0.29) is 17.7 Å². The molecule has 9 heteroatoms. The molecule has 3 atom stereocenters. The van der Waals surface area contributed by atoms with Crippen LogP contribution in [0.5, 0.6) is 0 Å². The van der Waals surface area contributed by atoms with Crippen LogP contribution in [0.1, 0.15) is 37.3 Å². The minimum Gasteiger partial charge on any atom is -0.344 e. The fourth-order valence-corrected chi connectivity index (χ4v) is 4.42. The summed E-state index contributed by atoms with van der Waals surface area (Å²) in [6.07, 6.45) is -1.28. The van der Waals surface area contributed by atoms with Crippen molar-refractivity contribution in [2.45, 2.75) is 50.9 Å². The Morgan fingerprint density at radius 1 is 1.23 bits per heavy atom. The Hall–Kier alpha value is -1.97. The number of carbonyl (C=O) groups is 2. The zero-order valence-electron chi connectivity index (χ0n) is 18.0. The Morgan fingerprint density at radius 2 is 1.97 bits per heavy atom. The number of hydrazine groups is 1. The molecule has 1 aromatic rings. The number of likely N-dealkylation sites (N-methyl/N-ethyl adjacent to an activating group) is 1. The van der Waals surface area contributed by atoms with Crippen LogP contribution in [0.3, 0.4) is 0 Å². The van der Waals surface area contributed by atoms with Gasteiger partial charge < -0.3 is 9.80 Å². The Bertz CT molecular complexity index is 786. The van der Waals surface area contributed by atoms with E-state index in [9.17, 15) is 22.8 Å². The van der Waals surface area contributed by atoms with E-state index >= 15 is 0 Å². The standard InChI is InChI=1S/C22H31F3N4O2/c1-15(30)19-12-20(27-26-19)21(31)28(2)13-17-6-4-9-29(14-17)10-8-16-5-3-7-18(11-16)22(23,24)25/h3,5,7,11,17,19-20,26-27H,4,6,8-10,12-14H2,1-2H3. The van der Waals surface area contributed by atoms with Crippen molar-refractivity contribution in [3.8, 4) is 0 Å². The summed E-state index contributed by atoms with van der Waals surface area (Å²) in [7, 11) is 1.78. The van der Waals surface area contributed by atoms with E-state index in [0.717, 1.165) is 32.0 Å². The summed E-state index contributed by atoms with van der Waals surface area (Å²) >= 11 is 0. The summed E-state index contributed by atoms with van der Waals surface area (Å²) in [6, 6.07) is 4.79. The number of ketones is 1. The highest BCUT2D eigenvalue weighted by atomic mass is 19.4. The number of rotatable bonds is 7. The Balaban J connectivity index is 1.47. The van der Waals surface area contributed by atoms with Crippen LogP contribution in [0, 0.1) is 5.92 Å². The van der Waals surface area contributed by atoms with Crippen molar-refractivity contribution in [3.05, 3.63) is 35.4 Å². The minimum atomic E-state index is -4.32. The maximum atomic E-state index is 12.9. The third-order valence-electron chi connectivity index (χ3n) is 6.17. The number of hydrogen-bond acceptors (Lipinski definition) is 5. The van der Waals surface area contributed by atoms with Crippen LogP contribution in [-0.2, 0) is 22.2 Å². The van der Waals surface area contributed by atoms with Gasteiger partial charge in [0.25, 0.3) is 0 Å². The van der Waals surface area contributed by atoms with Gasteiger partial charge in [0.1, 0.15) is 11.8 Å². The third kappa shape index (κ3) is 6.51. The number of hydrogen-bond donors (Lipinski definition) is 2. The lowest BCUT2D eigenvalue weighted by Gasteiger charge is -2.35. The largest absolute Gasteiger partial charge is 0.416 e. The highest BCUT2D eigenvalue weighted by molar-refractivity contribution is 5.86. The molecule has 1 aromatic carbocycles. The molecule has 1 amide bonds. The molecule has 2 saturated heterocycles. The molecule has 0 spiro atoms. The first kappa shape index (κ1) is 23.7. The fourth-order valence-electron chi connectivity index (χ4n) is 4.42. The van der Waals surface area contributed by atoms with Crippen molar-refractivity contribution >= 4 is 11.7 Å². The average molecular weight is 441 g/mol. The third-order valence-corrected chi connectivity index (χ3v) is 6.17. The van der Waals surface area contributed by atoms with Crippen LogP contribution in [0.2, 0.25) is 0 Å². The molecule has 2 aliphatic rings. The zero-order valence-corrected chi connectivity index (χ0v) is 18.0. The number of carbonyl (C=O) groups excluding carboxylic acids is 2. The van der Waals surface area contributed by atoms with E-state index in [2.05, 4.69) is 15.8 Å². The molecule has 2 N–H and O–H groups in total. The maximum Gasteiger partial charge on any atom is 0.416 e. The van der Waals surface area contributed by atoms with Crippen molar-refractivity contribution in [1.29, 1.82) is 0 Å². The van der Waals surface area contributed by atoms with Crippen molar-refractivity contribution in [2.24, 2.45) is 5.92 Å². The molecule has 3 unspecified atom stereocenters. The Morgan fingerprint density at radius 3 is 2.65 bits per heavy atom. The van der Waals surface area contributed by atoms with Gasteiger partial charge in [-0.15, -0.1) is 0 Å². The van der Waals surface area contributed by atoms with E-state index in [1.165, 1.54) is 19.1 Å². The molecule has 2 fully saturated rings. The van der Waals surface area contributed by atoms with Gasteiger partial charge in [0.15, 0.2) is 0 Å². The number of nitrogens with zero attached hydrogens (tertiary/aromatic N) is 2. The predicted molar refractivity (Wildman–Crippen MR) is 111 cm³/mol. The van der Waals surface area contributed by atoms with Gasteiger partial charge >= 0.3 is 6.18 Å². The predicted octanol–water partition coefficient (Wildman–Crippen LogP) is 2.24. The molecule has 0 radical (unpaired) electrons. The van der Waals surface area contributed by atoms with E-state index in [0.29, 0.717) is 37.4 Å². The summed E-state index contributed by atoms with van der Waals surface area (Å²) in [5.74, 6) is 0.300. The van der Waals surface area contributed by atoms with Crippen LogP contribution >= 0.6 is 0 Å². The quantitative estimate of drug-likeness (QED) is 0.681. The first-order chi connectivity index (χ1) is 14.6. The van der Waals surface area contributed by atoms with Gasteiger partial charge in [0, 0.05) is 26.7 Å². The lowest BCUT2D eigenvalue weighted by atomic mass is 9.96. The minimum absolute atomic E-state index is 0.00847. The lowest BCUT2D eigenvalue weighted by Crippen LogP contribution is -2.47.